The third-order valence-electron chi connectivity index (χ3n) is 1.28. The van der Waals surface area contributed by atoms with Gasteiger partial charge in [0.1, 0.15) is 0 Å². The van der Waals surface area contributed by atoms with Crippen molar-refractivity contribution in [1.82, 2.24) is 0 Å². The first-order valence-corrected chi connectivity index (χ1v) is 2.83. The van der Waals surface area contributed by atoms with Crippen LogP contribution in [0.1, 0.15) is 11.1 Å². The number of aryl methyl sites for hydroxylation is 1. The Labute approximate surface area is 67.0 Å². The van der Waals surface area contributed by atoms with Gasteiger partial charge in [-0.15, -0.1) is 0 Å². The lowest BCUT2D eigenvalue weighted by Gasteiger charge is -1.82. The zero-order chi connectivity index (χ0) is 6.69. The Balaban J connectivity index is 0.000000810. The van der Waals surface area contributed by atoms with Gasteiger partial charge in [0.15, 0.2) is 6.21 Å². The average molecular weight is 154 g/mol. The molecule has 0 spiro atoms. The second kappa shape index (κ2) is 3.99. The summed E-state index contributed by atoms with van der Waals surface area (Å²) in [6.07, 6.45) is 2.35. The van der Waals surface area contributed by atoms with Crippen LogP contribution in [0.5, 0.6) is 0 Å². The molecule has 0 amide bonds. The Morgan fingerprint density at radius 3 is 2.30 bits per heavy atom. The molecule has 0 aliphatic carbocycles. The average Bonchev–Trinajstić information content (AvgIpc) is 1.89. The van der Waals surface area contributed by atoms with Crippen LogP contribution in [0.15, 0.2) is 24.3 Å². The summed E-state index contributed by atoms with van der Waals surface area (Å²) in [5.74, 6) is 0. The van der Waals surface area contributed by atoms with Crippen molar-refractivity contribution in [1.29, 1.82) is 5.41 Å². The molecule has 0 bridgehead atoms. The van der Waals surface area contributed by atoms with Crippen molar-refractivity contribution < 1.29 is 12.4 Å². The third kappa shape index (κ3) is 1.80. The second-order valence-electron chi connectivity index (χ2n) is 1.94. The Morgan fingerprint density at radius 2 is 1.90 bits per heavy atom. The van der Waals surface area contributed by atoms with E-state index in [1.54, 1.807) is 0 Å². The van der Waals surface area contributed by atoms with E-state index < -0.39 is 0 Å². The van der Waals surface area contributed by atoms with Gasteiger partial charge in [-0.3, -0.25) is 0 Å². The summed E-state index contributed by atoms with van der Waals surface area (Å²) >= 11 is 0. The van der Waals surface area contributed by atoms with Crippen molar-refractivity contribution in [2.45, 2.75) is 6.92 Å². The maximum Gasteiger partial charge on any atom is 0.211 e. The maximum absolute atomic E-state index is 6.83. The van der Waals surface area contributed by atoms with Crippen molar-refractivity contribution in [3.63, 3.8) is 0 Å². The molecule has 1 rings (SSSR count). The lowest BCUT2D eigenvalue weighted by molar-refractivity contribution is -0.00000209. The molecule has 0 saturated heterocycles. The minimum Gasteiger partial charge on any atom is -1.00 e. The summed E-state index contributed by atoms with van der Waals surface area (Å²) in [6, 6.07) is 7.71. The van der Waals surface area contributed by atoms with Crippen LogP contribution >= 0.6 is 0 Å². The van der Waals surface area contributed by atoms with Gasteiger partial charge in [0.05, 0.1) is 11.6 Å². The van der Waals surface area contributed by atoms with E-state index in [-0.39, 0.29) is 12.4 Å². The van der Waals surface area contributed by atoms with Crippen LogP contribution in [0.4, 0.5) is 0 Å². The quantitative estimate of drug-likeness (QED) is 0.390. The van der Waals surface area contributed by atoms with Crippen LogP contribution in [0.2, 0.25) is 0 Å². The van der Waals surface area contributed by atoms with E-state index in [4.69, 9.17) is 5.41 Å². The van der Waals surface area contributed by atoms with Crippen molar-refractivity contribution in [2.75, 3.05) is 0 Å². The molecule has 0 saturated carbocycles. The van der Waals surface area contributed by atoms with E-state index >= 15 is 0 Å². The van der Waals surface area contributed by atoms with Crippen LogP contribution in [0, 0.1) is 12.3 Å². The summed E-state index contributed by atoms with van der Waals surface area (Å²) in [7, 11) is 0. The number of halogens is 1. The van der Waals surface area contributed by atoms with Crippen LogP contribution in [0.3, 0.4) is 0 Å². The summed E-state index contributed by atoms with van der Waals surface area (Å²) in [4.78, 5) is 0. The molecule has 0 radical (unpaired) electrons. The molecule has 0 atom stereocenters. The highest BCUT2D eigenvalue weighted by atomic mass is 35.5. The van der Waals surface area contributed by atoms with Gasteiger partial charge in [0, 0.05) is 6.92 Å². The monoisotopic (exact) mass is 153 g/mol. The fraction of sp³-hybridized carbons (Fsp3) is 0.125. The molecule has 1 N–H and O–H groups in total. The van der Waals surface area contributed by atoms with Gasteiger partial charge in [0.2, 0.25) is 5.56 Å². The van der Waals surface area contributed by atoms with Gasteiger partial charge in [-0.2, -0.15) is 5.41 Å². The Bertz CT molecular complexity index is 220. The molecule has 10 heavy (non-hydrogen) atoms. The van der Waals surface area contributed by atoms with Gasteiger partial charge in [0.25, 0.3) is 0 Å². The zero-order valence-corrected chi connectivity index (χ0v) is 6.44. The Hall–Kier alpha value is -0.910. The highest BCUT2D eigenvalue weighted by molar-refractivity contribution is 5.78. The molecule has 1 aromatic rings. The van der Waals surface area contributed by atoms with E-state index in [1.165, 1.54) is 0 Å². The molecule has 0 aliphatic rings. The summed E-state index contributed by atoms with van der Waals surface area (Å²) in [5.41, 5.74) is 1.98. The molecule has 0 fully saturated rings. The second-order valence-corrected chi connectivity index (χ2v) is 1.94. The minimum atomic E-state index is 0. The summed E-state index contributed by atoms with van der Waals surface area (Å²) in [6.45, 7) is 1.97. The van der Waals surface area contributed by atoms with Crippen molar-refractivity contribution >= 4 is 6.21 Å². The predicted molar refractivity (Wildman–Crippen MR) is 38.0 cm³/mol. The van der Waals surface area contributed by atoms with Gasteiger partial charge < -0.3 is 12.4 Å². The first-order valence-electron chi connectivity index (χ1n) is 2.83. The van der Waals surface area contributed by atoms with E-state index in [0.29, 0.717) is 0 Å². The highest BCUT2D eigenvalue weighted by Gasteiger charge is 2.00. The van der Waals surface area contributed by atoms with E-state index in [1.807, 2.05) is 31.2 Å². The van der Waals surface area contributed by atoms with Crippen molar-refractivity contribution in [3.05, 3.63) is 35.4 Å². The summed E-state index contributed by atoms with van der Waals surface area (Å²) in [5, 5.41) is 6.83. The molecular formula is C8H8ClN. The molecule has 0 aromatic heterocycles. The lowest BCUT2D eigenvalue weighted by Crippen LogP contribution is -3.00. The van der Waals surface area contributed by atoms with Crippen LogP contribution in [-0.4, -0.2) is 6.21 Å². The topological polar surface area (TPSA) is 23.9 Å². The third-order valence-corrected chi connectivity index (χ3v) is 1.28. The Kier molecular flexibility index (Phi) is 3.63. The minimum absolute atomic E-state index is 0. The zero-order valence-electron chi connectivity index (χ0n) is 5.69. The normalized spacial score (nSPS) is 7.70. The molecule has 0 unspecified atom stereocenters. The van der Waals surface area contributed by atoms with E-state index in [9.17, 15) is 0 Å². The predicted octanol–water partition coefficient (Wildman–Crippen LogP) is -1.13. The standard InChI is InChI=1S/C8H8N.ClH/c1-7-4-2-3-5-8(7)6-9;/h2-5,9H,1H3;1H/q+1;/p-1. The number of rotatable bonds is 1. The van der Waals surface area contributed by atoms with E-state index in [0.717, 1.165) is 11.1 Å². The molecule has 1 nitrogen and oxygen atoms in total. The summed E-state index contributed by atoms with van der Waals surface area (Å²) < 4.78 is 0. The highest BCUT2D eigenvalue weighted by Crippen LogP contribution is 2.01. The maximum atomic E-state index is 6.83. The fourth-order valence-corrected chi connectivity index (χ4v) is 0.713. The number of nitrogens with one attached hydrogen (secondary N) is 1. The molecule has 0 aliphatic heterocycles. The van der Waals surface area contributed by atoms with Gasteiger partial charge in [-0.1, -0.05) is 0 Å². The Morgan fingerprint density at radius 1 is 1.30 bits per heavy atom. The first kappa shape index (κ1) is 9.09. The van der Waals surface area contributed by atoms with Crippen molar-refractivity contribution in [2.24, 2.45) is 0 Å². The van der Waals surface area contributed by atoms with Gasteiger partial charge >= 0.3 is 0 Å². The van der Waals surface area contributed by atoms with Crippen LogP contribution in [0.25, 0.3) is 0 Å². The molecule has 1 aromatic carbocycles. The van der Waals surface area contributed by atoms with Crippen molar-refractivity contribution in [3.8, 4) is 0 Å². The van der Waals surface area contributed by atoms with E-state index in [2.05, 4.69) is 6.21 Å². The van der Waals surface area contributed by atoms with Crippen LogP contribution in [-0.2, 0) is 0 Å². The largest absolute Gasteiger partial charge is 1.00 e. The van der Waals surface area contributed by atoms with Gasteiger partial charge in [-0.05, 0) is 18.2 Å². The first-order chi connectivity index (χ1) is 4.34. The number of hydrogen-bond acceptors (Lipinski definition) is 1. The molecule has 0 heterocycles. The number of hydrogen-bond donors (Lipinski definition) is 1. The molecular weight excluding hydrogens is 146 g/mol. The smallest absolute Gasteiger partial charge is 0.211 e. The number of benzene rings is 1. The SMILES string of the molecule is Cc1ccccc1[C+]=N.[Cl-]. The molecule has 52 valence electrons. The lowest BCUT2D eigenvalue weighted by atomic mass is 10.1. The van der Waals surface area contributed by atoms with Crippen LogP contribution < -0.4 is 12.4 Å². The van der Waals surface area contributed by atoms with Gasteiger partial charge in [-0.25, -0.2) is 0 Å². The fourth-order valence-electron chi connectivity index (χ4n) is 0.713. The molecule has 2 heteroatoms.